The molecule has 1 saturated heterocycles. The highest BCUT2D eigenvalue weighted by atomic mass is 35.5. The molecule has 1 fully saturated rings. The minimum atomic E-state index is -2.87. The average Bonchev–Trinajstić information content (AvgIpc) is 2.34. The minimum Gasteiger partial charge on any atom is -0.329 e. The van der Waals surface area contributed by atoms with E-state index >= 15 is 0 Å². The summed E-state index contributed by atoms with van der Waals surface area (Å²) < 4.78 is 26.8. The second kappa shape index (κ2) is 5.21. The number of rotatable bonds is 1. The number of carbonyl (C=O) groups excluding carboxylic acids is 1. The Bertz CT molecular complexity index is 511. The summed E-state index contributed by atoms with van der Waals surface area (Å²) in [4.78, 5) is 17.2. The van der Waals surface area contributed by atoms with Crippen molar-refractivity contribution in [2.45, 2.75) is 31.7 Å². The number of likely N-dealkylation sites (tertiary alicyclic amines) is 1. The summed E-state index contributed by atoms with van der Waals surface area (Å²) >= 11 is 11.6. The zero-order valence-electron chi connectivity index (χ0n) is 10.2. The van der Waals surface area contributed by atoms with E-state index in [1.165, 1.54) is 12.1 Å². The quantitative estimate of drug-likeness (QED) is 0.742. The first-order chi connectivity index (χ1) is 8.80. The lowest BCUT2D eigenvalue weighted by molar-refractivity contribution is -0.0696. The van der Waals surface area contributed by atoms with Gasteiger partial charge >= 0.3 is 0 Å². The van der Waals surface area contributed by atoms with Crippen molar-refractivity contribution in [2.75, 3.05) is 6.54 Å². The van der Waals surface area contributed by atoms with Crippen molar-refractivity contribution >= 4 is 29.1 Å². The van der Waals surface area contributed by atoms with Crippen LogP contribution in [-0.4, -0.2) is 34.3 Å². The first-order valence-corrected chi connectivity index (χ1v) is 6.56. The molecule has 1 aliphatic rings. The molecule has 0 saturated carbocycles. The lowest BCUT2D eigenvalue weighted by Crippen LogP contribution is -2.50. The number of hydrogen-bond donors (Lipinski definition) is 0. The number of hydrogen-bond acceptors (Lipinski definition) is 2. The molecule has 1 aromatic heterocycles. The van der Waals surface area contributed by atoms with Gasteiger partial charge in [0.05, 0.1) is 11.6 Å². The fraction of sp³-hybridized carbons (Fsp3) is 0.500. The molecule has 7 heteroatoms. The smallest absolute Gasteiger partial charge is 0.274 e. The molecule has 0 bridgehead atoms. The van der Waals surface area contributed by atoms with Gasteiger partial charge in [0.25, 0.3) is 11.8 Å². The summed E-state index contributed by atoms with van der Waals surface area (Å²) in [5.74, 6) is -3.48. The molecule has 1 aromatic rings. The molecule has 1 aliphatic heterocycles. The van der Waals surface area contributed by atoms with Gasteiger partial charge in [-0.05, 0) is 25.5 Å². The van der Waals surface area contributed by atoms with E-state index in [2.05, 4.69) is 4.98 Å². The first-order valence-electron chi connectivity index (χ1n) is 5.81. The van der Waals surface area contributed by atoms with Gasteiger partial charge in [-0.2, -0.15) is 0 Å². The van der Waals surface area contributed by atoms with Crippen LogP contribution in [0.1, 0.15) is 30.3 Å². The maximum atomic E-state index is 13.4. The predicted molar refractivity (Wildman–Crippen MR) is 68.9 cm³/mol. The number of pyridine rings is 1. The van der Waals surface area contributed by atoms with E-state index in [0.29, 0.717) is 0 Å². The van der Waals surface area contributed by atoms with E-state index in [0.717, 1.165) is 4.90 Å². The molecule has 0 aliphatic carbocycles. The fourth-order valence-electron chi connectivity index (χ4n) is 2.04. The molecule has 0 N–H and O–H groups in total. The van der Waals surface area contributed by atoms with Crippen LogP contribution in [0.4, 0.5) is 8.78 Å². The predicted octanol–water partition coefficient (Wildman–Crippen LogP) is 3.65. The molecule has 1 atom stereocenters. The van der Waals surface area contributed by atoms with Crippen molar-refractivity contribution in [1.29, 1.82) is 0 Å². The Morgan fingerprint density at radius 1 is 1.47 bits per heavy atom. The topological polar surface area (TPSA) is 33.2 Å². The highest BCUT2D eigenvalue weighted by molar-refractivity contribution is 6.34. The third-order valence-corrected chi connectivity index (χ3v) is 3.65. The summed E-state index contributed by atoms with van der Waals surface area (Å²) in [6.45, 7) is 1.11. The third kappa shape index (κ3) is 3.15. The average molecular weight is 309 g/mol. The first kappa shape index (κ1) is 14.5. The number of halogens is 4. The van der Waals surface area contributed by atoms with E-state index in [9.17, 15) is 13.6 Å². The standard InChI is InChI=1S/C12H12Cl2F2N2O/c1-7-4-5-12(15,16)6-18(7)11(19)10-8(13)2-3-9(14)17-10/h2-3,7H,4-6H2,1H3. The summed E-state index contributed by atoms with van der Waals surface area (Å²) in [5, 5.41) is 0.208. The van der Waals surface area contributed by atoms with Gasteiger partial charge in [0.1, 0.15) is 10.8 Å². The molecule has 1 unspecified atom stereocenters. The molecule has 0 spiro atoms. The van der Waals surface area contributed by atoms with Gasteiger partial charge < -0.3 is 4.90 Å². The summed E-state index contributed by atoms with van der Waals surface area (Å²) in [6.07, 6.45) is 0.0333. The van der Waals surface area contributed by atoms with Crippen LogP contribution in [0.2, 0.25) is 10.2 Å². The Hall–Kier alpha value is -0.940. The Morgan fingerprint density at radius 3 is 2.84 bits per heavy atom. The molecule has 0 radical (unpaired) electrons. The van der Waals surface area contributed by atoms with Crippen LogP contribution in [0.5, 0.6) is 0 Å². The van der Waals surface area contributed by atoms with Gasteiger partial charge in [0.2, 0.25) is 0 Å². The zero-order valence-corrected chi connectivity index (χ0v) is 11.7. The SMILES string of the molecule is CC1CCC(F)(F)CN1C(=O)c1nc(Cl)ccc1Cl. The molecular weight excluding hydrogens is 297 g/mol. The summed E-state index contributed by atoms with van der Waals surface area (Å²) in [6, 6.07) is 2.59. The van der Waals surface area contributed by atoms with Crippen LogP contribution in [0, 0.1) is 0 Å². The number of piperidine rings is 1. The fourth-order valence-corrected chi connectivity index (χ4v) is 2.37. The maximum absolute atomic E-state index is 13.4. The number of nitrogens with zero attached hydrogens (tertiary/aromatic N) is 2. The monoisotopic (exact) mass is 308 g/mol. The number of carbonyl (C=O) groups is 1. The Morgan fingerprint density at radius 2 is 2.16 bits per heavy atom. The van der Waals surface area contributed by atoms with Crippen molar-refractivity contribution in [3.05, 3.63) is 28.0 Å². The van der Waals surface area contributed by atoms with Gasteiger partial charge in [-0.3, -0.25) is 4.79 Å². The second-order valence-corrected chi connectivity index (χ2v) is 5.44. The van der Waals surface area contributed by atoms with Crippen molar-refractivity contribution in [3.63, 3.8) is 0 Å². The van der Waals surface area contributed by atoms with Crippen LogP contribution in [-0.2, 0) is 0 Å². The molecule has 104 valence electrons. The Kier molecular flexibility index (Phi) is 3.97. The normalized spacial score (nSPS) is 22.4. The van der Waals surface area contributed by atoms with Gasteiger partial charge in [0.15, 0.2) is 0 Å². The molecule has 2 rings (SSSR count). The largest absolute Gasteiger partial charge is 0.329 e. The molecule has 3 nitrogen and oxygen atoms in total. The van der Waals surface area contributed by atoms with Crippen molar-refractivity contribution in [2.24, 2.45) is 0 Å². The Labute approximate surface area is 119 Å². The highest BCUT2D eigenvalue weighted by Crippen LogP contribution is 2.31. The number of amides is 1. The second-order valence-electron chi connectivity index (χ2n) is 4.64. The molecule has 19 heavy (non-hydrogen) atoms. The van der Waals surface area contributed by atoms with E-state index in [1.807, 2.05) is 0 Å². The zero-order chi connectivity index (χ0) is 14.2. The highest BCUT2D eigenvalue weighted by Gasteiger charge is 2.41. The lowest BCUT2D eigenvalue weighted by atomic mass is 10.00. The van der Waals surface area contributed by atoms with Crippen LogP contribution in [0.15, 0.2) is 12.1 Å². The van der Waals surface area contributed by atoms with Crippen LogP contribution in [0.3, 0.4) is 0 Å². The summed E-state index contributed by atoms with van der Waals surface area (Å²) in [7, 11) is 0. The van der Waals surface area contributed by atoms with Gasteiger partial charge in [-0.15, -0.1) is 0 Å². The minimum absolute atomic E-state index is 0.0845. The molecule has 2 heterocycles. The number of aromatic nitrogens is 1. The molecular formula is C12H12Cl2F2N2O. The van der Waals surface area contributed by atoms with E-state index in [4.69, 9.17) is 23.2 Å². The number of alkyl halides is 2. The van der Waals surface area contributed by atoms with Gasteiger partial charge in [-0.25, -0.2) is 13.8 Å². The van der Waals surface area contributed by atoms with E-state index in [1.54, 1.807) is 6.92 Å². The van der Waals surface area contributed by atoms with Crippen LogP contribution >= 0.6 is 23.2 Å². The van der Waals surface area contributed by atoms with Crippen LogP contribution in [0.25, 0.3) is 0 Å². The third-order valence-electron chi connectivity index (χ3n) is 3.14. The van der Waals surface area contributed by atoms with Crippen molar-refractivity contribution < 1.29 is 13.6 Å². The van der Waals surface area contributed by atoms with Gasteiger partial charge in [-0.1, -0.05) is 23.2 Å². The molecule has 0 aromatic carbocycles. The van der Waals surface area contributed by atoms with Crippen molar-refractivity contribution in [1.82, 2.24) is 9.88 Å². The molecule has 1 amide bonds. The summed E-state index contributed by atoms with van der Waals surface area (Å²) in [5.41, 5.74) is -0.0845. The van der Waals surface area contributed by atoms with Gasteiger partial charge in [0, 0.05) is 12.5 Å². The van der Waals surface area contributed by atoms with Crippen LogP contribution < -0.4 is 0 Å². The van der Waals surface area contributed by atoms with E-state index < -0.39 is 18.4 Å². The Balaban J connectivity index is 2.29. The lowest BCUT2D eigenvalue weighted by Gasteiger charge is -2.37. The van der Waals surface area contributed by atoms with E-state index in [-0.39, 0.29) is 34.8 Å². The van der Waals surface area contributed by atoms with Crippen molar-refractivity contribution in [3.8, 4) is 0 Å². The maximum Gasteiger partial charge on any atom is 0.274 e.